The molecule has 1 unspecified atom stereocenters. The first-order valence-corrected chi connectivity index (χ1v) is 1.65. The number of rotatable bonds is 1. The monoisotopic (exact) mass is 99.0 g/mol. The molecular weight excluding hydrogens is 99.1 g/mol. The average molecular weight is 99.1 g/mol. The van der Waals surface area contributed by atoms with Gasteiger partial charge in [0.05, 0.1) is 0 Å². The van der Waals surface area contributed by atoms with Crippen LogP contribution in [0.3, 0.4) is 0 Å². The Hall–Kier alpha value is -0.0000000000000000555. The van der Waals surface area contributed by atoms with Gasteiger partial charge in [0.1, 0.15) is 11.4 Å². The smallest absolute Gasteiger partial charge is 0.126 e. The van der Waals surface area contributed by atoms with E-state index >= 15 is 0 Å². The average Bonchev–Trinajstić information content (AvgIpc) is 1.38. The van der Waals surface area contributed by atoms with Crippen LogP contribution in [0, 0.1) is 0 Å². The Labute approximate surface area is 30.1 Å². The fourth-order valence-corrected chi connectivity index (χ4v) is 0. The summed E-state index contributed by atoms with van der Waals surface area (Å²) in [7, 11) is 0. The van der Waals surface area contributed by atoms with Crippen molar-refractivity contribution >= 4 is 11.4 Å². The van der Waals surface area contributed by atoms with E-state index in [0.717, 1.165) is 0 Å². The van der Waals surface area contributed by atoms with Crippen LogP contribution in [0.15, 0.2) is 0 Å². The van der Waals surface area contributed by atoms with E-state index in [4.69, 9.17) is 8.76 Å². The Morgan fingerprint density at radius 3 is 2.20 bits per heavy atom. The van der Waals surface area contributed by atoms with E-state index in [1.54, 1.807) is 0 Å². The molecule has 32 valence electrons. The zero-order chi connectivity index (χ0) is 4.28. The van der Waals surface area contributed by atoms with Crippen LogP contribution in [-0.4, -0.2) is 8.76 Å². The van der Waals surface area contributed by atoms with Crippen molar-refractivity contribution < 1.29 is 17.7 Å². The quantitative estimate of drug-likeness (QED) is 0.423. The molecule has 0 aromatic carbocycles. The van der Waals surface area contributed by atoms with Crippen LogP contribution >= 0.6 is 0 Å². The van der Waals surface area contributed by atoms with Gasteiger partial charge in [-0.25, -0.2) is 4.21 Å². The molecular formula is FO3S-. The van der Waals surface area contributed by atoms with E-state index in [-0.39, 0.29) is 0 Å². The van der Waals surface area contributed by atoms with Crippen LogP contribution in [0.5, 0.6) is 0 Å². The lowest BCUT2D eigenvalue weighted by atomic mass is 15.6. The molecule has 0 bridgehead atoms. The highest BCUT2D eigenvalue weighted by Gasteiger charge is 1.66. The van der Waals surface area contributed by atoms with Crippen molar-refractivity contribution in [3.63, 3.8) is 0 Å². The summed E-state index contributed by atoms with van der Waals surface area (Å²) >= 11 is -2.99. The lowest BCUT2D eigenvalue weighted by Gasteiger charge is -1.88. The van der Waals surface area contributed by atoms with Crippen LogP contribution in [0.25, 0.3) is 0 Å². The predicted molar refractivity (Wildman–Crippen MR) is 11.1 cm³/mol. The Balaban J connectivity index is 2.85. The van der Waals surface area contributed by atoms with E-state index < -0.39 is 11.4 Å². The van der Waals surface area contributed by atoms with E-state index in [9.17, 15) is 4.53 Å². The molecule has 0 spiro atoms. The largest absolute Gasteiger partial charge is 0.747 e. The minimum Gasteiger partial charge on any atom is -0.747 e. The maximum atomic E-state index is 10.0. The van der Waals surface area contributed by atoms with E-state index in [1.807, 2.05) is 0 Å². The van der Waals surface area contributed by atoms with Gasteiger partial charge < -0.3 is 4.55 Å². The molecule has 0 saturated carbocycles. The molecule has 0 fully saturated rings. The van der Waals surface area contributed by atoms with Gasteiger partial charge in [0.25, 0.3) is 0 Å². The van der Waals surface area contributed by atoms with E-state index in [1.165, 1.54) is 0 Å². The lowest BCUT2D eigenvalue weighted by Crippen LogP contribution is -1.80. The van der Waals surface area contributed by atoms with Gasteiger partial charge >= 0.3 is 0 Å². The lowest BCUT2D eigenvalue weighted by molar-refractivity contribution is -0.000525. The topological polar surface area (TPSA) is 49.4 Å². The van der Waals surface area contributed by atoms with Gasteiger partial charge in [0.2, 0.25) is 0 Å². The summed E-state index contributed by atoms with van der Waals surface area (Å²) in [4.78, 5) is 0. The van der Waals surface area contributed by atoms with Crippen molar-refractivity contribution in [2.45, 2.75) is 0 Å². The molecule has 0 heterocycles. The minimum atomic E-state index is -2.99. The minimum absolute atomic E-state index is 2.17. The normalized spacial score (nSPS) is 14.8. The standard InChI is InChI=1S/FHO3S/c1-4-5(2)3/h(H,2,3)/p-1. The van der Waals surface area contributed by atoms with Gasteiger partial charge in [-0.2, -0.15) is 0 Å². The molecule has 0 aliphatic rings. The molecule has 0 aromatic heterocycles. The Bertz CT molecular complexity index is 42.2. The molecule has 0 amide bonds. The summed E-state index contributed by atoms with van der Waals surface area (Å²) in [5.41, 5.74) is 0. The third kappa shape index (κ3) is 4.00. The van der Waals surface area contributed by atoms with Gasteiger partial charge in [0, 0.05) is 0 Å². The molecule has 0 saturated heterocycles. The van der Waals surface area contributed by atoms with E-state index in [0.29, 0.717) is 0 Å². The van der Waals surface area contributed by atoms with Crippen molar-refractivity contribution in [3.8, 4) is 0 Å². The first-order valence-electron chi connectivity index (χ1n) is 0.654. The van der Waals surface area contributed by atoms with Gasteiger partial charge in [0.15, 0.2) is 0 Å². The summed E-state index contributed by atoms with van der Waals surface area (Å²) in [6.07, 6.45) is 0. The van der Waals surface area contributed by atoms with Gasteiger partial charge in [-0.15, -0.1) is 4.39 Å². The van der Waals surface area contributed by atoms with Gasteiger partial charge in [-0.1, -0.05) is 0 Å². The second-order valence-electron chi connectivity index (χ2n) is 0.267. The van der Waals surface area contributed by atoms with Crippen LogP contribution in [0.1, 0.15) is 0 Å². The van der Waals surface area contributed by atoms with Crippen LogP contribution in [0.2, 0.25) is 0 Å². The van der Waals surface area contributed by atoms with Crippen molar-refractivity contribution in [1.29, 1.82) is 0 Å². The fraction of sp³-hybridized carbons (Fsp3) is 0. The first-order chi connectivity index (χ1) is 2.27. The van der Waals surface area contributed by atoms with E-state index in [2.05, 4.69) is 4.39 Å². The highest BCUT2D eigenvalue weighted by Crippen LogP contribution is 1.72. The number of hydrogen-bond acceptors (Lipinski definition) is 3. The summed E-state index contributed by atoms with van der Waals surface area (Å²) in [6.45, 7) is 0. The third-order valence-corrected chi connectivity index (χ3v) is 0.154. The summed E-state index contributed by atoms with van der Waals surface area (Å²) in [6, 6.07) is 0. The molecule has 0 rings (SSSR count). The molecule has 5 heteroatoms. The summed E-state index contributed by atoms with van der Waals surface area (Å²) in [5.74, 6) is 0. The molecule has 0 N–H and O–H groups in total. The maximum absolute atomic E-state index is 10.0. The van der Waals surface area contributed by atoms with Crippen molar-refractivity contribution in [2.24, 2.45) is 0 Å². The number of hydrogen-bond donors (Lipinski definition) is 0. The molecule has 1 atom stereocenters. The first kappa shape index (κ1) is 5.00. The second kappa shape index (κ2) is 2.25. The molecule has 3 nitrogen and oxygen atoms in total. The zero-order valence-corrected chi connectivity index (χ0v) is 2.83. The van der Waals surface area contributed by atoms with Gasteiger partial charge in [-0.3, -0.25) is 0 Å². The number of halogens is 1. The van der Waals surface area contributed by atoms with Crippen molar-refractivity contribution in [3.05, 3.63) is 0 Å². The highest BCUT2D eigenvalue weighted by atomic mass is 32.2. The third-order valence-electron chi connectivity index (χ3n) is 0.0514. The Kier molecular flexibility index (Phi) is 2.25. The maximum Gasteiger partial charge on any atom is 0.126 e. The molecule has 0 radical (unpaired) electrons. The molecule has 0 aromatic rings. The molecule has 5 heavy (non-hydrogen) atoms. The van der Waals surface area contributed by atoms with Crippen molar-refractivity contribution in [1.82, 2.24) is 0 Å². The Morgan fingerprint density at radius 1 is 2.00 bits per heavy atom. The second-order valence-corrected chi connectivity index (χ2v) is 0.801. The molecule has 0 aliphatic carbocycles. The van der Waals surface area contributed by atoms with Gasteiger partial charge in [-0.05, 0) is 4.53 Å². The summed E-state index contributed by atoms with van der Waals surface area (Å²) in [5, 5.41) is 0. The Morgan fingerprint density at radius 2 is 2.20 bits per heavy atom. The van der Waals surface area contributed by atoms with Crippen molar-refractivity contribution in [2.75, 3.05) is 0 Å². The summed E-state index contributed by atoms with van der Waals surface area (Å²) < 4.78 is 29.7. The highest BCUT2D eigenvalue weighted by molar-refractivity contribution is 7.73. The fourth-order valence-electron chi connectivity index (χ4n) is 0. The molecule has 0 aliphatic heterocycles. The van der Waals surface area contributed by atoms with Crippen LogP contribution < -0.4 is 0 Å². The van der Waals surface area contributed by atoms with Crippen LogP contribution in [0.4, 0.5) is 4.53 Å². The zero-order valence-electron chi connectivity index (χ0n) is 2.01. The SMILES string of the molecule is O=S([O-])OF. The predicted octanol–water partition coefficient (Wildman–Crippen LogP) is -0.318. The van der Waals surface area contributed by atoms with Crippen LogP contribution in [-0.2, 0) is 15.7 Å².